The van der Waals surface area contributed by atoms with Gasteiger partial charge in [0.15, 0.2) is 0 Å². The Kier molecular flexibility index (Phi) is 2.47. The van der Waals surface area contributed by atoms with Gasteiger partial charge in [0.25, 0.3) is 5.78 Å². The molecular weight excluding hydrogens is 226 g/mol. The van der Waals surface area contributed by atoms with Gasteiger partial charge >= 0.3 is 5.97 Å². The first-order valence-corrected chi connectivity index (χ1v) is 4.64. The normalized spacial score (nSPS) is 14.1. The fourth-order valence-corrected chi connectivity index (χ4v) is 1.52. The number of aliphatic imine (C=N–C) groups is 1. The molecule has 1 aliphatic rings. The number of carboxylic acids is 1. The lowest BCUT2D eigenvalue weighted by molar-refractivity contribution is -0.130. The minimum absolute atomic E-state index is 0.0550. The van der Waals surface area contributed by atoms with Gasteiger partial charge in [0.1, 0.15) is 11.4 Å². The Morgan fingerprint density at radius 3 is 2.59 bits per heavy atom. The van der Waals surface area contributed by atoms with Crippen LogP contribution in [0.1, 0.15) is 10.4 Å². The van der Waals surface area contributed by atoms with Crippen molar-refractivity contribution in [3.8, 4) is 5.75 Å². The third-order valence-electron chi connectivity index (χ3n) is 2.31. The fraction of sp³-hybridized carbons (Fsp3) is 0.0909. The summed E-state index contributed by atoms with van der Waals surface area (Å²) in [5.41, 5.74) is -0.650. The van der Waals surface area contributed by atoms with Crippen molar-refractivity contribution >= 4 is 28.9 Å². The van der Waals surface area contributed by atoms with Gasteiger partial charge in [0, 0.05) is 0 Å². The standard InChI is InChI=1S/C11H7NO5/c1-17-6-4-2-3-5-7(6)12-8(11(15)16)10(14)9(5)13/h2-4H,1H3,(H,15,16). The van der Waals surface area contributed by atoms with Crippen LogP contribution in [-0.2, 0) is 9.59 Å². The summed E-state index contributed by atoms with van der Waals surface area (Å²) in [6.07, 6.45) is 0. The Morgan fingerprint density at radius 1 is 1.29 bits per heavy atom. The first kappa shape index (κ1) is 11.0. The summed E-state index contributed by atoms with van der Waals surface area (Å²) >= 11 is 0. The molecule has 17 heavy (non-hydrogen) atoms. The second kappa shape index (κ2) is 3.82. The number of nitrogens with zero attached hydrogens (tertiary/aromatic N) is 1. The maximum absolute atomic E-state index is 11.7. The summed E-state index contributed by atoms with van der Waals surface area (Å²) in [7, 11) is 1.37. The van der Waals surface area contributed by atoms with Crippen molar-refractivity contribution in [2.24, 2.45) is 4.99 Å². The second-order valence-corrected chi connectivity index (χ2v) is 3.28. The van der Waals surface area contributed by atoms with Crippen molar-refractivity contribution in [1.82, 2.24) is 0 Å². The van der Waals surface area contributed by atoms with Crippen LogP contribution in [0.25, 0.3) is 0 Å². The molecule has 6 nitrogen and oxygen atoms in total. The number of aliphatic carboxylic acids is 1. The Hall–Kier alpha value is -2.50. The quantitative estimate of drug-likeness (QED) is 0.755. The van der Waals surface area contributed by atoms with E-state index in [9.17, 15) is 14.4 Å². The van der Waals surface area contributed by atoms with Gasteiger partial charge in [0.05, 0.1) is 12.7 Å². The van der Waals surface area contributed by atoms with E-state index in [0.29, 0.717) is 0 Å². The zero-order valence-electron chi connectivity index (χ0n) is 8.76. The van der Waals surface area contributed by atoms with Crippen LogP contribution in [0.2, 0.25) is 0 Å². The lowest BCUT2D eigenvalue weighted by Crippen LogP contribution is -2.33. The van der Waals surface area contributed by atoms with E-state index >= 15 is 0 Å². The number of fused-ring (bicyclic) bond motifs is 1. The molecule has 0 unspecified atom stereocenters. The molecule has 0 fully saturated rings. The molecule has 6 heteroatoms. The number of ether oxygens (including phenoxy) is 1. The van der Waals surface area contributed by atoms with Gasteiger partial charge in [-0.05, 0) is 12.1 Å². The van der Waals surface area contributed by atoms with Gasteiger partial charge in [-0.2, -0.15) is 0 Å². The first-order chi connectivity index (χ1) is 8.06. The van der Waals surface area contributed by atoms with Crippen LogP contribution in [0.15, 0.2) is 23.2 Å². The van der Waals surface area contributed by atoms with E-state index in [4.69, 9.17) is 9.84 Å². The van der Waals surface area contributed by atoms with E-state index in [2.05, 4.69) is 4.99 Å². The average molecular weight is 233 g/mol. The largest absolute Gasteiger partial charge is 0.494 e. The molecule has 1 aromatic carbocycles. The van der Waals surface area contributed by atoms with Crippen molar-refractivity contribution in [2.45, 2.75) is 0 Å². The SMILES string of the molecule is COc1cccc2c1N=C(C(=O)O)C(=O)C2=O. The van der Waals surface area contributed by atoms with Gasteiger partial charge in [-0.3, -0.25) is 9.59 Å². The number of hydrogen-bond donors (Lipinski definition) is 1. The van der Waals surface area contributed by atoms with Gasteiger partial charge in [-0.1, -0.05) is 6.07 Å². The summed E-state index contributed by atoms with van der Waals surface area (Å²) < 4.78 is 4.96. The number of hydrogen-bond acceptors (Lipinski definition) is 5. The maximum atomic E-state index is 11.7. The summed E-state index contributed by atoms with van der Waals surface area (Å²) in [5, 5.41) is 8.77. The highest BCUT2D eigenvalue weighted by Gasteiger charge is 2.34. The predicted molar refractivity (Wildman–Crippen MR) is 57.1 cm³/mol. The highest BCUT2D eigenvalue weighted by Crippen LogP contribution is 2.34. The lowest BCUT2D eigenvalue weighted by atomic mass is 9.98. The van der Waals surface area contributed by atoms with Gasteiger partial charge in [-0.25, -0.2) is 9.79 Å². The third-order valence-corrected chi connectivity index (χ3v) is 2.31. The molecular formula is C11H7NO5. The predicted octanol–water partition coefficient (Wildman–Crippen LogP) is 0.618. The van der Waals surface area contributed by atoms with Crippen molar-refractivity contribution in [3.05, 3.63) is 23.8 Å². The molecule has 0 spiro atoms. The van der Waals surface area contributed by atoms with Gasteiger partial charge < -0.3 is 9.84 Å². The molecule has 1 aromatic rings. The molecule has 0 radical (unpaired) electrons. The molecule has 86 valence electrons. The molecule has 0 amide bonds. The minimum atomic E-state index is -1.53. The van der Waals surface area contributed by atoms with Gasteiger partial charge in [0.2, 0.25) is 11.5 Å². The highest BCUT2D eigenvalue weighted by molar-refractivity contribution is 6.81. The molecule has 1 heterocycles. The first-order valence-electron chi connectivity index (χ1n) is 4.64. The average Bonchev–Trinajstić information content (AvgIpc) is 2.32. The van der Waals surface area contributed by atoms with Crippen LogP contribution in [0, 0.1) is 0 Å². The van der Waals surface area contributed by atoms with Crippen molar-refractivity contribution < 1.29 is 24.2 Å². The molecule has 1 N–H and O–H groups in total. The van der Waals surface area contributed by atoms with Crippen LogP contribution in [0.3, 0.4) is 0 Å². The highest BCUT2D eigenvalue weighted by atomic mass is 16.5. The number of benzene rings is 1. The van der Waals surface area contributed by atoms with E-state index in [0.717, 1.165) is 0 Å². The Morgan fingerprint density at radius 2 is 2.00 bits per heavy atom. The topological polar surface area (TPSA) is 93.0 Å². The maximum Gasteiger partial charge on any atom is 0.358 e. The number of carbonyl (C=O) groups is 3. The molecule has 0 saturated heterocycles. The molecule has 0 saturated carbocycles. The zero-order valence-corrected chi connectivity index (χ0v) is 8.76. The second-order valence-electron chi connectivity index (χ2n) is 3.28. The smallest absolute Gasteiger partial charge is 0.358 e. The van der Waals surface area contributed by atoms with Crippen LogP contribution >= 0.6 is 0 Å². The fourth-order valence-electron chi connectivity index (χ4n) is 1.52. The molecule has 0 atom stereocenters. The zero-order chi connectivity index (χ0) is 12.6. The number of carbonyl (C=O) groups excluding carboxylic acids is 2. The molecule has 0 aliphatic carbocycles. The van der Waals surface area contributed by atoms with Crippen LogP contribution < -0.4 is 4.74 Å². The van der Waals surface area contributed by atoms with Crippen molar-refractivity contribution in [2.75, 3.05) is 7.11 Å². The number of rotatable bonds is 2. The number of ketones is 2. The monoisotopic (exact) mass is 233 g/mol. The summed E-state index contributed by atoms with van der Waals surface area (Å²) in [6.45, 7) is 0. The summed E-state index contributed by atoms with van der Waals surface area (Å²) in [6, 6.07) is 4.47. The summed E-state index contributed by atoms with van der Waals surface area (Å²) in [5.74, 6) is -3.27. The number of carboxylic acid groups (broad SMARTS) is 1. The van der Waals surface area contributed by atoms with Crippen molar-refractivity contribution in [3.63, 3.8) is 0 Å². The van der Waals surface area contributed by atoms with Crippen LogP contribution in [-0.4, -0.2) is 35.5 Å². The van der Waals surface area contributed by atoms with Crippen molar-refractivity contribution in [1.29, 1.82) is 0 Å². The van der Waals surface area contributed by atoms with E-state index in [-0.39, 0.29) is 17.0 Å². The van der Waals surface area contributed by atoms with Gasteiger partial charge in [-0.15, -0.1) is 0 Å². The molecule has 0 bridgehead atoms. The Bertz CT molecular complexity index is 573. The molecule has 0 aromatic heterocycles. The van der Waals surface area contributed by atoms with Crippen LogP contribution in [0.5, 0.6) is 5.75 Å². The molecule has 1 aliphatic heterocycles. The molecule has 2 rings (SSSR count). The number of methoxy groups -OCH3 is 1. The Labute approximate surface area is 95.5 Å². The van der Waals surface area contributed by atoms with Crippen LogP contribution in [0.4, 0.5) is 5.69 Å². The number of para-hydroxylation sites is 1. The Balaban J connectivity index is 2.73. The van der Waals surface area contributed by atoms with E-state index in [1.807, 2.05) is 0 Å². The van der Waals surface area contributed by atoms with E-state index in [1.54, 1.807) is 0 Å². The lowest BCUT2D eigenvalue weighted by Gasteiger charge is -2.13. The summed E-state index contributed by atoms with van der Waals surface area (Å²) in [4.78, 5) is 37.5. The van der Waals surface area contributed by atoms with E-state index in [1.165, 1.54) is 25.3 Å². The van der Waals surface area contributed by atoms with E-state index < -0.39 is 23.2 Å². The third kappa shape index (κ3) is 1.59. The number of Topliss-reactive ketones (excluding diaryl/α,β-unsaturated/α-hetero) is 2. The minimum Gasteiger partial charge on any atom is -0.494 e.